The van der Waals surface area contributed by atoms with Crippen LogP contribution in [0.15, 0.2) is 41.0 Å². The van der Waals surface area contributed by atoms with Crippen molar-refractivity contribution >= 4 is 0 Å². The van der Waals surface area contributed by atoms with E-state index in [4.69, 9.17) is 0 Å². The van der Waals surface area contributed by atoms with Gasteiger partial charge in [-0.1, -0.05) is 0 Å². The van der Waals surface area contributed by atoms with Crippen molar-refractivity contribution in [2.45, 2.75) is 91.9 Å². The first-order valence-corrected chi connectivity index (χ1v) is 13.0. The number of halogens is 2. The van der Waals surface area contributed by atoms with Crippen LogP contribution in [0.25, 0.3) is 0 Å². The average Bonchev–Trinajstić information content (AvgIpc) is 3.33. The van der Waals surface area contributed by atoms with E-state index in [-0.39, 0.29) is 24.8 Å². The van der Waals surface area contributed by atoms with Crippen LogP contribution in [0.1, 0.15) is 91.9 Å². The summed E-state index contributed by atoms with van der Waals surface area (Å²) in [5.74, 6) is 0. The van der Waals surface area contributed by atoms with Gasteiger partial charge < -0.3 is 24.8 Å². The maximum Gasteiger partial charge on any atom is -1.00 e. The molecule has 0 radical (unpaired) electrons. The summed E-state index contributed by atoms with van der Waals surface area (Å²) in [5.41, 5.74) is 8.05. The Kier molecular flexibility index (Phi) is 7.95. The Labute approximate surface area is 190 Å². The van der Waals surface area contributed by atoms with Crippen molar-refractivity contribution in [1.29, 1.82) is 0 Å². The second-order valence-electron chi connectivity index (χ2n) is 9.62. The van der Waals surface area contributed by atoms with Crippen LogP contribution in [0.4, 0.5) is 0 Å². The molecule has 0 aromatic heterocycles. The van der Waals surface area contributed by atoms with E-state index in [1.54, 1.807) is 22.3 Å². The fourth-order valence-corrected chi connectivity index (χ4v) is 10.6. The summed E-state index contributed by atoms with van der Waals surface area (Å²) in [6.45, 7) is 10.00. The standard InChI is InChI=1S/2C12H17.2ClH.Zr/c2*1-10-5-6-11(9-10)12(2)7-3-4-8-12;;;/h2*6H,3-5,7-8H2,1-2H3;2*1H;/q;;;;+2/p-2. The number of hydrogen-bond donors (Lipinski definition) is 0. The molecule has 0 nitrogen and oxygen atoms in total. The van der Waals surface area contributed by atoms with Gasteiger partial charge in [-0.05, 0) is 0 Å². The molecule has 0 amide bonds. The van der Waals surface area contributed by atoms with Gasteiger partial charge in [-0.2, -0.15) is 0 Å². The van der Waals surface area contributed by atoms with Crippen LogP contribution in [0.3, 0.4) is 0 Å². The Morgan fingerprint density at radius 2 is 1.00 bits per heavy atom. The van der Waals surface area contributed by atoms with Gasteiger partial charge >= 0.3 is 167 Å². The van der Waals surface area contributed by atoms with Crippen LogP contribution < -0.4 is 24.8 Å². The summed E-state index contributed by atoms with van der Waals surface area (Å²) in [7, 11) is 0. The smallest absolute Gasteiger partial charge is 1.00 e. The molecule has 0 aromatic rings. The van der Waals surface area contributed by atoms with Crippen molar-refractivity contribution in [3.05, 3.63) is 41.0 Å². The van der Waals surface area contributed by atoms with Crippen LogP contribution in [0.5, 0.6) is 0 Å². The van der Waals surface area contributed by atoms with Gasteiger partial charge in [0.2, 0.25) is 0 Å². The third-order valence-corrected chi connectivity index (χ3v) is 12.2. The second-order valence-corrected chi connectivity index (χ2v) is 12.7. The first-order chi connectivity index (χ1) is 11.9. The SMILES string of the molecule is CC1=[C]([Zr+2][C]2=C(C)CC=C2C2(C)CCCC2)C(C2(C)CCCC2)=CC1.[Cl-].[Cl-]. The van der Waals surface area contributed by atoms with Crippen molar-refractivity contribution in [2.24, 2.45) is 10.8 Å². The molecule has 148 valence electrons. The molecular formula is C24H34Cl2Zr. The molecule has 0 saturated heterocycles. The molecular weight excluding hydrogens is 450 g/mol. The van der Waals surface area contributed by atoms with E-state index >= 15 is 0 Å². The van der Waals surface area contributed by atoms with E-state index in [2.05, 4.69) is 39.8 Å². The van der Waals surface area contributed by atoms with E-state index in [1.165, 1.54) is 64.2 Å². The van der Waals surface area contributed by atoms with E-state index in [1.807, 2.05) is 6.56 Å². The predicted octanol–water partition coefficient (Wildman–Crippen LogP) is 1.45. The van der Waals surface area contributed by atoms with Crippen LogP contribution in [-0.4, -0.2) is 0 Å². The molecule has 0 N–H and O–H groups in total. The molecule has 4 rings (SSSR count). The predicted molar refractivity (Wildman–Crippen MR) is 104 cm³/mol. The molecule has 0 aromatic carbocycles. The van der Waals surface area contributed by atoms with Gasteiger partial charge in [-0.3, -0.25) is 0 Å². The van der Waals surface area contributed by atoms with Gasteiger partial charge in [0.05, 0.1) is 0 Å². The summed E-state index contributed by atoms with van der Waals surface area (Å²) < 4.78 is 3.77. The van der Waals surface area contributed by atoms with Crippen LogP contribution >= 0.6 is 0 Å². The minimum Gasteiger partial charge on any atom is -1.00 e. The van der Waals surface area contributed by atoms with Crippen molar-refractivity contribution < 1.29 is 48.0 Å². The zero-order chi connectivity index (χ0) is 17.7. The topological polar surface area (TPSA) is 0 Å². The summed E-state index contributed by atoms with van der Waals surface area (Å²) in [6, 6.07) is 0. The number of hydrogen-bond acceptors (Lipinski definition) is 0. The molecule has 3 heteroatoms. The largest absolute Gasteiger partial charge is 1.00 e. The molecule has 2 fully saturated rings. The molecule has 0 heterocycles. The Morgan fingerprint density at radius 3 is 1.33 bits per heavy atom. The Bertz CT molecular complexity index is 636. The maximum absolute atomic E-state index is 2.63. The summed E-state index contributed by atoms with van der Waals surface area (Å²) in [4.78, 5) is 0. The second kappa shape index (κ2) is 9.06. The van der Waals surface area contributed by atoms with Gasteiger partial charge in [-0.25, -0.2) is 0 Å². The monoisotopic (exact) mass is 482 g/mol. The van der Waals surface area contributed by atoms with Gasteiger partial charge in [0.25, 0.3) is 0 Å². The third kappa shape index (κ3) is 4.32. The number of rotatable bonds is 4. The van der Waals surface area contributed by atoms with E-state index in [9.17, 15) is 0 Å². The minimum absolute atomic E-state index is 0. The average molecular weight is 485 g/mol. The first-order valence-electron chi connectivity index (χ1n) is 10.5. The Morgan fingerprint density at radius 1 is 0.667 bits per heavy atom. The summed E-state index contributed by atoms with van der Waals surface area (Å²) in [6.07, 6.45) is 19.2. The quantitative estimate of drug-likeness (QED) is 0.567. The first kappa shape index (κ1) is 23.7. The zero-order valence-corrected chi connectivity index (χ0v) is 21.5. The van der Waals surface area contributed by atoms with Gasteiger partial charge in [0.1, 0.15) is 0 Å². The molecule has 27 heavy (non-hydrogen) atoms. The zero-order valence-electron chi connectivity index (χ0n) is 17.5. The molecule has 4 aliphatic carbocycles. The minimum atomic E-state index is -0.692. The van der Waals surface area contributed by atoms with Gasteiger partial charge in [0.15, 0.2) is 0 Å². The van der Waals surface area contributed by atoms with Gasteiger partial charge in [0, 0.05) is 0 Å². The Hall–Kier alpha value is 0.423. The summed E-state index contributed by atoms with van der Waals surface area (Å²) >= 11 is -0.692. The van der Waals surface area contributed by atoms with Crippen molar-refractivity contribution in [3.63, 3.8) is 0 Å². The third-order valence-electron chi connectivity index (χ3n) is 7.58. The van der Waals surface area contributed by atoms with Crippen LogP contribution in [0, 0.1) is 10.8 Å². The molecule has 0 aliphatic heterocycles. The van der Waals surface area contributed by atoms with Crippen LogP contribution in [-0.2, 0) is 23.2 Å². The normalized spacial score (nSPS) is 25.8. The molecule has 2 saturated carbocycles. The maximum atomic E-state index is 2.63. The van der Waals surface area contributed by atoms with E-state index in [0.717, 1.165) is 0 Å². The Balaban J connectivity index is 0.00000131. The van der Waals surface area contributed by atoms with E-state index in [0.29, 0.717) is 10.8 Å². The molecule has 0 bridgehead atoms. The molecule has 0 atom stereocenters. The molecule has 0 spiro atoms. The fraction of sp³-hybridized carbons (Fsp3) is 0.667. The molecule has 0 unspecified atom stereocenters. The van der Waals surface area contributed by atoms with Crippen LogP contribution in [0.2, 0.25) is 0 Å². The van der Waals surface area contributed by atoms with Crippen molar-refractivity contribution in [3.8, 4) is 0 Å². The number of allylic oxidation sites excluding steroid dienone is 8. The van der Waals surface area contributed by atoms with Crippen molar-refractivity contribution in [2.75, 3.05) is 0 Å². The summed E-state index contributed by atoms with van der Waals surface area (Å²) in [5, 5.41) is 0. The van der Waals surface area contributed by atoms with Crippen molar-refractivity contribution in [1.82, 2.24) is 0 Å². The fourth-order valence-electron chi connectivity index (χ4n) is 5.80. The van der Waals surface area contributed by atoms with Gasteiger partial charge in [-0.15, -0.1) is 0 Å². The van der Waals surface area contributed by atoms with E-state index < -0.39 is 23.2 Å². The molecule has 4 aliphatic rings.